The zero-order chi connectivity index (χ0) is 15.1. The van der Waals surface area contributed by atoms with Gasteiger partial charge in [0.2, 0.25) is 0 Å². The second-order valence-electron chi connectivity index (χ2n) is 5.98. The molecule has 1 rings (SSSR count). The highest BCUT2D eigenvalue weighted by Crippen LogP contribution is 2.19. The van der Waals surface area contributed by atoms with Crippen molar-refractivity contribution in [2.75, 3.05) is 17.2 Å². The first kappa shape index (κ1) is 16.7. The van der Waals surface area contributed by atoms with Crippen LogP contribution < -0.4 is 10.6 Å². The first-order valence-electron chi connectivity index (χ1n) is 7.87. The van der Waals surface area contributed by atoms with Gasteiger partial charge in [0.15, 0.2) is 0 Å². The van der Waals surface area contributed by atoms with E-state index in [0.29, 0.717) is 17.9 Å². The van der Waals surface area contributed by atoms with Crippen LogP contribution >= 0.6 is 0 Å². The number of hydrogen-bond donors (Lipinski definition) is 2. The van der Waals surface area contributed by atoms with E-state index in [4.69, 9.17) is 0 Å². The first-order chi connectivity index (χ1) is 9.47. The van der Waals surface area contributed by atoms with E-state index < -0.39 is 0 Å². The van der Waals surface area contributed by atoms with Crippen molar-refractivity contribution in [2.24, 2.45) is 5.92 Å². The molecule has 0 saturated heterocycles. The summed E-state index contributed by atoms with van der Waals surface area (Å²) in [6.45, 7) is 14.0. The highest BCUT2D eigenvalue weighted by atomic mass is 15.1. The van der Waals surface area contributed by atoms with E-state index in [9.17, 15) is 0 Å². The molecule has 0 radical (unpaired) electrons. The molecule has 0 aromatic carbocycles. The molecular formula is C16H30N4. The maximum atomic E-state index is 4.65. The Bertz CT molecular complexity index is 401. The maximum absolute atomic E-state index is 4.65. The molecule has 0 saturated carbocycles. The van der Waals surface area contributed by atoms with Crippen LogP contribution in [0, 0.1) is 5.92 Å². The van der Waals surface area contributed by atoms with Crippen LogP contribution in [-0.2, 0) is 0 Å². The van der Waals surface area contributed by atoms with Gasteiger partial charge in [-0.1, -0.05) is 41.5 Å². The Kier molecular flexibility index (Phi) is 6.76. The van der Waals surface area contributed by atoms with E-state index in [1.54, 1.807) is 0 Å². The smallest absolute Gasteiger partial charge is 0.135 e. The normalized spacial score (nSPS) is 12.8. The van der Waals surface area contributed by atoms with E-state index in [1.807, 2.05) is 6.07 Å². The largest absolute Gasteiger partial charge is 0.370 e. The molecular weight excluding hydrogens is 248 g/mol. The summed E-state index contributed by atoms with van der Waals surface area (Å²) >= 11 is 0. The third kappa shape index (κ3) is 4.99. The van der Waals surface area contributed by atoms with Crippen LogP contribution in [0.1, 0.15) is 66.1 Å². The molecule has 4 nitrogen and oxygen atoms in total. The van der Waals surface area contributed by atoms with E-state index >= 15 is 0 Å². The number of hydrogen-bond acceptors (Lipinski definition) is 4. The van der Waals surface area contributed by atoms with Crippen molar-refractivity contribution in [2.45, 2.75) is 66.3 Å². The summed E-state index contributed by atoms with van der Waals surface area (Å²) in [7, 11) is 0. The van der Waals surface area contributed by atoms with Gasteiger partial charge in [0, 0.05) is 24.6 Å². The lowest BCUT2D eigenvalue weighted by Crippen LogP contribution is -2.25. The molecule has 114 valence electrons. The van der Waals surface area contributed by atoms with Gasteiger partial charge in [-0.05, 0) is 18.8 Å². The molecule has 0 amide bonds. The Morgan fingerprint density at radius 3 is 2.20 bits per heavy atom. The van der Waals surface area contributed by atoms with Crippen LogP contribution in [0.5, 0.6) is 0 Å². The fourth-order valence-electron chi connectivity index (χ4n) is 2.07. The summed E-state index contributed by atoms with van der Waals surface area (Å²) in [6, 6.07) is 2.47. The molecule has 0 bridgehead atoms. The van der Waals surface area contributed by atoms with Crippen LogP contribution in [0.4, 0.5) is 11.6 Å². The van der Waals surface area contributed by atoms with E-state index in [2.05, 4.69) is 62.1 Å². The minimum Gasteiger partial charge on any atom is -0.370 e. The Hall–Kier alpha value is -1.32. The summed E-state index contributed by atoms with van der Waals surface area (Å²) in [5.41, 5.74) is 0. The van der Waals surface area contributed by atoms with Crippen LogP contribution in [0.25, 0.3) is 0 Å². The minimum absolute atomic E-state index is 0.332. The van der Waals surface area contributed by atoms with Crippen LogP contribution in [-0.4, -0.2) is 22.6 Å². The lowest BCUT2D eigenvalue weighted by atomic mass is 10.0. The zero-order valence-corrected chi connectivity index (χ0v) is 13.8. The minimum atomic E-state index is 0.332. The highest BCUT2D eigenvalue weighted by Gasteiger charge is 2.14. The molecule has 0 fully saturated rings. The third-order valence-electron chi connectivity index (χ3n) is 3.39. The lowest BCUT2D eigenvalue weighted by molar-refractivity contribution is 0.509. The summed E-state index contributed by atoms with van der Waals surface area (Å²) in [5.74, 6) is 3.67. The lowest BCUT2D eigenvalue weighted by Gasteiger charge is -2.22. The molecule has 1 unspecified atom stereocenters. The van der Waals surface area contributed by atoms with Crippen LogP contribution in [0.2, 0.25) is 0 Å². The van der Waals surface area contributed by atoms with Gasteiger partial charge in [0.25, 0.3) is 0 Å². The second-order valence-corrected chi connectivity index (χ2v) is 5.98. The molecule has 1 aromatic heterocycles. The van der Waals surface area contributed by atoms with Crippen molar-refractivity contribution >= 4 is 11.6 Å². The number of nitrogens with one attached hydrogen (secondary N) is 2. The van der Waals surface area contributed by atoms with Crippen molar-refractivity contribution in [1.29, 1.82) is 0 Å². The van der Waals surface area contributed by atoms with Gasteiger partial charge in [0.05, 0.1) is 0 Å². The molecule has 0 aliphatic rings. The van der Waals surface area contributed by atoms with Crippen molar-refractivity contribution in [1.82, 2.24) is 9.97 Å². The molecule has 1 heterocycles. The first-order valence-corrected chi connectivity index (χ1v) is 7.87. The van der Waals surface area contributed by atoms with E-state index in [-0.39, 0.29) is 0 Å². The summed E-state index contributed by atoms with van der Waals surface area (Å²) in [6.07, 6.45) is 2.18. The number of aromatic nitrogens is 2. The highest BCUT2D eigenvalue weighted by molar-refractivity contribution is 5.48. The van der Waals surface area contributed by atoms with Crippen molar-refractivity contribution in [3.05, 3.63) is 11.9 Å². The molecule has 20 heavy (non-hydrogen) atoms. The predicted molar refractivity (Wildman–Crippen MR) is 87.4 cm³/mol. The molecule has 2 N–H and O–H groups in total. The maximum Gasteiger partial charge on any atom is 0.135 e. The zero-order valence-electron chi connectivity index (χ0n) is 13.8. The van der Waals surface area contributed by atoms with E-state index in [0.717, 1.165) is 36.8 Å². The Labute approximate surface area is 123 Å². The second kappa shape index (κ2) is 8.08. The third-order valence-corrected chi connectivity index (χ3v) is 3.39. The van der Waals surface area contributed by atoms with Gasteiger partial charge in [-0.15, -0.1) is 0 Å². The van der Waals surface area contributed by atoms with Gasteiger partial charge in [0.1, 0.15) is 17.5 Å². The average Bonchev–Trinajstić information content (AvgIpc) is 2.41. The summed E-state index contributed by atoms with van der Waals surface area (Å²) < 4.78 is 0. The Morgan fingerprint density at radius 2 is 1.70 bits per heavy atom. The van der Waals surface area contributed by atoms with Crippen LogP contribution in [0.15, 0.2) is 6.07 Å². The number of rotatable bonds is 8. The van der Waals surface area contributed by atoms with Crippen molar-refractivity contribution in [3.63, 3.8) is 0 Å². The number of anilines is 2. The van der Waals surface area contributed by atoms with Crippen molar-refractivity contribution in [3.8, 4) is 0 Å². The number of nitrogens with zero attached hydrogens (tertiary/aromatic N) is 2. The predicted octanol–water partition coefficient (Wildman–Crippen LogP) is 4.27. The van der Waals surface area contributed by atoms with Gasteiger partial charge in [-0.25, -0.2) is 9.97 Å². The molecule has 1 atom stereocenters. The van der Waals surface area contributed by atoms with Crippen molar-refractivity contribution < 1.29 is 0 Å². The van der Waals surface area contributed by atoms with Gasteiger partial charge < -0.3 is 10.6 Å². The fourth-order valence-corrected chi connectivity index (χ4v) is 2.07. The topological polar surface area (TPSA) is 49.8 Å². The summed E-state index contributed by atoms with van der Waals surface area (Å²) in [5, 5.41) is 6.91. The van der Waals surface area contributed by atoms with Gasteiger partial charge in [-0.2, -0.15) is 0 Å². The monoisotopic (exact) mass is 278 g/mol. The Morgan fingerprint density at radius 1 is 1.05 bits per heavy atom. The Balaban J connectivity index is 2.95. The standard InChI is InChI=1S/C16H30N4/c1-7-9-17-14-10-15(18-13(8-2)11(3)4)20-16(19-14)12(5)6/h10-13H,7-9H2,1-6H3,(H2,17,18,19,20). The molecule has 4 heteroatoms. The summed E-state index contributed by atoms with van der Waals surface area (Å²) in [4.78, 5) is 9.24. The SMILES string of the molecule is CCCNc1cc(NC(CC)C(C)C)nc(C(C)C)n1. The molecule has 0 spiro atoms. The fraction of sp³-hybridized carbons (Fsp3) is 0.750. The molecule has 0 aliphatic carbocycles. The molecule has 1 aromatic rings. The quantitative estimate of drug-likeness (QED) is 0.745. The molecule has 0 aliphatic heterocycles. The van der Waals surface area contributed by atoms with Gasteiger partial charge >= 0.3 is 0 Å². The average molecular weight is 278 g/mol. The van der Waals surface area contributed by atoms with Crippen LogP contribution in [0.3, 0.4) is 0 Å². The van der Waals surface area contributed by atoms with Gasteiger partial charge in [-0.3, -0.25) is 0 Å². The van der Waals surface area contributed by atoms with E-state index in [1.165, 1.54) is 0 Å².